The molecule has 2 saturated heterocycles. The molecule has 3 N–H and O–H groups in total. The minimum Gasteiger partial charge on any atom is -0.350 e. The van der Waals surface area contributed by atoms with Crippen LogP contribution in [0.25, 0.3) is 5.65 Å². The van der Waals surface area contributed by atoms with Gasteiger partial charge in [-0.1, -0.05) is 19.9 Å². The van der Waals surface area contributed by atoms with Crippen molar-refractivity contribution in [1.82, 2.24) is 19.6 Å². The lowest BCUT2D eigenvalue weighted by Gasteiger charge is -2.60. The van der Waals surface area contributed by atoms with Crippen LogP contribution >= 0.6 is 0 Å². The van der Waals surface area contributed by atoms with Crippen LogP contribution in [-0.2, 0) is 11.2 Å². The number of amides is 2. The van der Waals surface area contributed by atoms with Gasteiger partial charge in [-0.2, -0.15) is 0 Å². The zero-order valence-corrected chi connectivity index (χ0v) is 20.4. The van der Waals surface area contributed by atoms with Crippen molar-refractivity contribution in [3.63, 3.8) is 0 Å². The molecule has 7 nitrogen and oxygen atoms in total. The van der Waals surface area contributed by atoms with Gasteiger partial charge < -0.3 is 16.0 Å². The number of carbonyl (C=O) groups is 2. The fraction of sp³-hybridized carbons (Fsp3) is 0.667. The number of aromatic nitrogens is 2. The molecule has 0 spiro atoms. The first-order valence-corrected chi connectivity index (χ1v) is 13.1. The first kappa shape index (κ1) is 22.1. The van der Waals surface area contributed by atoms with E-state index in [0.717, 1.165) is 38.1 Å². The van der Waals surface area contributed by atoms with Gasteiger partial charge in [0.05, 0.1) is 12.1 Å². The molecule has 182 valence electrons. The van der Waals surface area contributed by atoms with Crippen LogP contribution in [0.1, 0.15) is 75.0 Å². The van der Waals surface area contributed by atoms with Crippen molar-refractivity contribution in [2.75, 3.05) is 6.54 Å². The van der Waals surface area contributed by atoms with E-state index in [1.165, 1.54) is 19.3 Å². The highest BCUT2D eigenvalue weighted by Crippen LogP contribution is 2.61. The Hall–Kier alpha value is -2.41. The highest BCUT2D eigenvalue weighted by Gasteiger charge is 2.54. The zero-order valence-electron chi connectivity index (χ0n) is 20.4. The van der Waals surface area contributed by atoms with E-state index in [1.807, 2.05) is 28.8 Å². The van der Waals surface area contributed by atoms with Crippen LogP contribution in [-0.4, -0.2) is 50.8 Å². The van der Waals surface area contributed by atoms with E-state index in [0.29, 0.717) is 34.3 Å². The molecule has 5 atom stereocenters. The molecule has 2 aromatic rings. The number of carbonyl (C=O) groups excluding carboxylic acids is 2. The van der Waals surface area contributed by atoms with Gasteiger partial charge in [-0.15, -0.1) is 0 Å². The zero-order chi connectivity index (χ0) is 23.6. The normalized spacial score (nSPS) is 33.6. The molecule has 2 aromatic heterocycles. The fourth-order valence-corrected chi connectivity index (χ4v) is 7.73. The van der Waals surface area contributed by atoms with E-state index in [9.17, 15) is 9.59 Å². The standard InChI is InChI=1S/C27H37N5O2/c1-27(2)17-7-6-16(22(27)10-17)14-29-26(34)23-4-3-5-24-30-19(15-31(23)24)13-25(33)32-20-8-9-21(32)12-18(28)11-20/h3-5,15-18,20-22H,6-14,28H2,1-2H3,(H,29,34)/t16-,17+,18?,20?,21?,22-/m0/s1. The average Bonchev–Trinajstić information content (AvgIpc) is 3.35. The first-order valence-electron chi connectivity index (χ1n) is 13.1. The van der Waals surface area contributed by atoms with Crippen LogP contribution in [0.2, 0.25) is 0 Å². The van der Waals surface area contributed by atoms with E-state index >= 15 is 0 Å². The molecule has 7 rings (SSSR count). The van der Waals surface area contributed by atoms with E-state index in [-0.39, 0.29) is 36.4 Å². The number of hydrogen-bond acceptors (Lipinski definition) is 4. The summed E-state index contributed by atoms with van der Waals surface area (Å²) in [5.41, 5.74) is 8.59. The Morgan fingerprint density at radius 3 is 2.59 bits per heavy atom. The second-order valence-electron chi connectivity index (χ2n) is 11.9. The maximum Gasteiger partial charge on any atom is 0.268 e. The number of rotatable bonds is 5. The second-order valence-corrected chi connectivity index (χ2v) is 11.9. The summed E-state index contributed by atoms with van der Waals surface area (Å²) in [5, 5.41) is 3.20. The topological polar surface area (TPSA) is 92.7 Å². The van der Waals surface area contributed by atoms with Crippen LogP contribution in [0.4, 0.5) is 0 Å². The van der Waals surface area contributed by atoms with E-state index in [1.54, 1.807) is 0 Å². The smallest absolute Gasteiger partial charge is 0.268 e. The van der Waals surface area contributed by atoms with Gasteiger partial charge in [0.25, 0.3) is 5.91 Å². The van der Waals surface area contributed by atoms with Crippen molar-refractivity contribution in [3.05, 3.63) is 35.8 Å². The van der Waals surface area contributed by atoms with Gasteiger partial charge in [-0.3, -0.25) is 14.0 Å². The number of hydrogen-bond donors (Lipinski definition) is 2. The molecular formula is C27H37N5O2. The van der Waals surface area contributed by atoms with Gasteiger partial charge in [-0.05, 0) is 80.2 Å². The van der Waals surface area contributed by atoms with Crippen LogP contribution in [0.15, 0.2) is 24.4 Å². The largest absolute Gasteiger partial charge is 0.350 e. The quantitative estimate of drug-likeness (QED) is 0.712. The third kappa shape index (κ3) is 3.55. The minimum atomic E-state index is -0.0665. The highest BCUT2D eigenvalue weighted by atomic mass is 16.2. The van der Waals surface area contributed by atoms with E-state index < -0.39 is 0 Å². The molecule has 0 radical (unpaired) electrons. The molecule has 2 aliphatic heterocycles. The molecule has 3 aliphatic carbocycles. The van der Waals surface area contributed by atoms with Gasteiger partial charge >= 0.3 is 0 Å². The number of imidazole rings is 1. The Kier molecular flexibility index (Phi) is 5.24. The Morgan fingerprint density at radius 1 is 1.12 bits per heavy atom. The number of fused-ring (bicyclic) bond motifs is 5. The van der Waals surface area contributed by atoms with Gasteiger partial charge in [0.2, 0.25) is 5.91 Å². The molecule has 2 amide bonds. The second kappa shape index (κ2) is 8.08. The van der Waals surface area contributed by atoms with Gasteiger partial charge in [0, 0.05) is 30.9 Å². The molecule has 0 aromatic carbocycles. The fourth-order valence-electron chi connectivity index (χ4n) is 7.73. The molecule has 3 saturated carbocycles. The van der Waals surface area contributed by atoms with Crippen molar-refractivity contribution in [3.8, 4) is 0 Å². The number of nitrogens with zero attached hydrogens (tertiary/aromatic N) is 3. The number of nitrogens with two attached hydrogens (primary N) is 1. The summed E-state index contributed by atoms with van der Waals surface area (Å²) < 4.78 is 1.84. The predicted molar refractivity (Wildman–Crippen MR) is 130 cm³/mol. The lowest BCUT2D eigenvalue weighted by molar-refractivity contribution is -0.135. The summed E-state index contributed by atoms with van der Waals surface area (Å²) in [5.74, 6) is 2.21. The monoisotopic (exact) mass is 463 g/mol. The maximum atomic E-state index is 13.2. The minimum absolute atomic E-state index is 0.0665. The van der Waals surface area contributed by atoms with Crippen LogP contribution in [0.5, 0.6) is 0 Å². The lowest BCUT2D eigenvalue weighted by atomic mass is 9.45. The summed E-state index contributed by atoms with van der Waals surface area (Å²) in [6, 6.07) is 6.36. The Bertz CT molecular complexity index is 1110. The summed E-state index contributed by atoms with van der Waals surface area (Å²) in [7, 11) is 0. The molecule has 4 heterocycles. The lowest BCUT2D eigenvalue weighted by Crippen LogP contribution is -2.54. The summed E-state index contributed by atoms with van der Waals surface area (Å²) in [6.45, 7) is 5.51. The molecular weight excluding hydrogens is 426 g/mol. The van der Waals surface area contributed by atoms with Gasteiger partial charge in [0.1, 0.15) is 11.3 Å². The van der Waals surface area contributed by atoms with E-state index in [2.05, 4.69) is 29.0 Å². The van der Waals surface area contributed by atoms with E-state index in [4.69, 9.17) is 5.73 Å². The van der Waals surface area contributed by atoms with Crippen LogP contribution < -0.4 is 11.1 Å². The molecule has 4 bridgehead atoms. The Labute approximate surface area is 201 Å². The van der Waals surface area contributed by atoms with Crippen molar-refractivity contribution < 1.29 is 9.59 Å². The third-order valence-electron chi connectivity index (χ3n) is 9.69. The molecule has 7 heteroatoms. The average molecular weight is 464 g/mol. The Morgan fingerprint density at radius 2 is 1.88 bits per heavy atom. The number of piperidine rings is 1. The molecule has 2 unspecified atom stereocenters. The summed E-state index contributed by atoms with van der Waals surface area (Å²) in [4.78, 5) is 33.0. The Balaban J connectivity index is 1.14. The van der Waals surface area contributed by atoms with Crippen LogP contribution in [0.3, 0.4) is 0 Å². The van der Waals surface area contributed by atoms with Crippen molar-refractivity contribution in [1.29, 1.82) is 0 Å². The highest BCUT2D eigenvalue weighted by molar-refractivity contribution is 5.93. The van der Waals surface area contributed by atoms with Gasteiger partial charge in [-0.25, -0.2) is 4.98 Å². The summed E-state index contributed by atoms with van der Waals surface area (Å²) in [6.07, 6.45) is 9.85. The molecule has 5 fully saturated rings. The predicted octanol–water partition coefficient (Wildman–Crippen LogP) is 3.16. The van der Waals surface area contributed by atoms with Crippen molar-refractivity contribution in [2.45, 2.75) is 83.3 Å². The van der Waals surface area contributed by atoms with Crippen molar-refractivity contribution in [2.24, 2.45) is 28.9 Å². The summed E-state index contributed by atoms with van der Waals surface area (Å²) >= 11 is 0. The third-order valence-corrected chi connectivity index (χ3v) is 9.69. The maximum absolute atomic E-state index is 13.2. The number of nitrogens with one attached hydrogen (secondary N) is 1. The van der Waals surface area contributed by atoms with Crippen molar-refractivity contribution >= 4 is 17.5 Å². The van der Waals surface area contributed by atoms with Gasteiger partial charge in [0.15, 0.2) is 0 Å². The SMILES string of the molecule is CC1(C)[C@@H]2CC[C@@H](CNC(=O)c3cccc4nc(CC(=O)N5C6CCC5CC(N)C6)cn34)[C@@H]1C2. The first-order chi connectivity index (χ1) is 16.3. The van der Waals surface area contributed by atoms with Crippen LogP contribution in [0, 0.1) is 23.2 Å². The molecule has 34 heavy (non-hydrogen) atoms. The number of pyridine rings is 1. The molecule has 5 aliphatic rings.